The third kappa shape index (κ3) is 2.52. The maximum absolute atomic E-state index is 5.78. The zero-order chi connectivity index (χ0) is 10.7. The van der Waals surface area contributed by atoms with Crippen molar-refractivity contribution in [1.82, 2.24) is 9.88 Å². The summed E-state index contributed by atoms with van der Waals surface area (Å²) in [5.74, 6) is 0.535. The predicted octanol–water partition coefficient (Wildman–Crippen LogP) is 3.43. The number of hydrogen-bond acceptors (Lipinski definition) is 3. The quantitative estimate of drug-likeness (QED) is 0.755. The highest BCUT2D eigenvalue weighted by Crippen LogP contribution is 2.30. The van der Waals surface area contributed by atoms with Gasteiger partial charge in [-0.25, -0.2) is 4.98 Å². The van der Waals surface area contributed by atoms with Gasteiger partial charge in [0.05, 0.1) is 17.6 Å². The molecule has 1 aliphatic heterocycles. The van der Waals surface area contributed by atoms with Crippen LogP contribution in [0.3, 0.4) is 0 Å². The first kappa shape index (κ1) is 11.4. The van der Waals surface area contributed by atoms with Gasteiger partial charge in [-0.3, -0.25) is 4.90 Å². The van der Waals surface area contributed by atoms with E-state index in [1.54, 1.807) is 11.3 Å². The van der Waals surface area contributed by atoms with Gasteiger partial charge >= 0.3 is 0 Å². The summed E-state index contributed by atoms with van der Waals surface area (Å²) in [7, 11) is 0. The fraction of sp³-hybridized carbons (Fsp3) is 0.727. The molecule has 2 nitrogen and oxygen atoms in total. The van der Waals surface area contributed by atoms with E-state index in [1.807, 2.05) is 0 Å². The van der Waals surface area contributed by atoms with Crippen LogP contribution in [-0.4, -0.2) is 23.0 Å². The topological polar surface area (TPSA) is 16.1 Å². The van der Waals surface area contributed by atoms with E-state index in [4.69, 9.17) is 11.6 Å². The lowest BCUT2D eigenvalue weighted by Crippen LogP contribution is -2.24. The minimum Gasteiger partial charge on any atom is -0.294 e. The molecule has 1 saturated heterocycles. The predicted molar refractivity (Wildman–Crippen MR) is 65.5 cm³/mol. The van der Waals surface area contributed by atoms with Gasteiger partial charge in [0.2, 0.25) is 0 Å². The van der Waals surface area contributed by atoms with Crippen molar-refractivity contribution in [3.05, 3.63) is 16.1 Å². The maximum atomic E-state index is 5.78. The third-order valence-corrected chi connectivity index (χ3v) is 4.23. The Morgan fingerprint density at radius 2 is 2.27 bits per heavy atom. The molecule has 0 saturated carbocycles. The van der Waals surface area contributed by atoms with Crippen LogP contribution in [0.15, 0.2) is 5.38 Å². The summed E-state index contributed by atoms with van der Waals surface area (Å²) in [4.78, 5) is 7.14. The normalized spacial score (nSPS) is 19.6. The highest BCUT2D eigenvalue weighted by Gasteiger charge is 2.24. The zero-order valence-electron chi connectivity index (χ0n) is 9.08. The smallest absolute Gasteiger partial charge is 0.110 e. The Kier molecular flexibility index (Phi) is 4.00. The van der Waals surface area contributed by atoms with Crippen molar-refractivity contribution in [3.63, 3.8) is 0 Å². The molecule has 1 aromatic heterocycles. The van der Waals surface area contributed by atoms with Crippen LogP contribution < -0.4 is 0 Å². The summed E-state index contributed by atoms with van der Waals surface area (Å²) in [6.45, 7) is 4.70. The second-order valence-electron chi connectivity index (χ2n) is 3.98. The lowest BCUT2D eigenvalue weighted by molar-refractivity contribution is 0.239. The summed E-state index contributed by atoms with van der Waals surface area (Å²) in [6.07, 6.45) is 3.82. The van der Waals surface area contributed by atoms with Crippen LogP contribution in [0.4, 0.5) is 0 Å². The Labute approximate surface area is 100 Å². The molecule has 0 spiro atoms. The van der Waals surface area contributed by atoms with E-state index in [0.29, 0.717) is 11.9 Å². The van der Waals surface area contributed by atoms with Crippen LogP contribution in [0.2, 0.25) is 0 Å². The van der Waals surface area contributed by atoms with E-state index >= 15 is 0 Å². The van der Waals surface area contributed by atoms with Crippen LogP contribution >= 0.6 is 22.9 Å². The number of hydrogen-bond donors (Lipinski definition) is 0. The molecule has 0 N–H and O–H groups in total. The lowest BCUT2D eigenvalue weighted by Gasteiger charge is -2.24. The van der Waals surface area contributed by atoms with E-state index in [-0.39, 0.29) is 0 Å². The van der Waals surface area contributed by atoms with E-state index in [9.17, 15) is 0 Å². The van der Waals surface area contributed by atoms with Crippen molar-refractivity contribution >= 4 is 22.9 Å². The summed E-state index contributed by atoms with van der Waals surface area (Å²) >= 11 is 7.53. The lowest BCUT2D eigenvalue weighted by atomic mass is 10.2. The van der Waals surface area contributed by atoms with Gasteiger partial charge in [-0.05, 0) is 32.4 Å². The van der Waals surface area contributed by atoms with E-state index in [2.05, 4.69) is 22.2 Å². The van der Waals surface area contributed by atoms with Gasteiger partial charge in [0.15, 0.2) is 0 Å². The molecule has 84 valence electrons. The summed E-state index contributed by atoms with van der Waals surface area (Å²) in [6, 6.07) is 0.523. The summed E-state index contributed by atoms with van der Waals surface area (Å²) in [5, 5.41) is 3.33. The second-order valence-corrected chi connectivity index (χ2v) is 5.13. The Hall–Kier alpha value is -0.120. The maximum Gasteiger partial charge on any atom is 0.110 e. The first-order chi connectivity index (χ1) is 7.35. The van der Waals surface area contributed by atoms with Crippen LogP contribution in [0.1, 0.15) is 42.9 Å². The Bertz CT molecular complexity index is 307. The van der Waals surface area contributed by atoms with Crippen molar-refractivity contribution in [2.45, 2.75) is 38.1 Å². The van der Waals surface area contributed by atoms with Gasteiger partial charge in [0.25, 0.3) is 0 Å². The molecule has 0 amide bonds. The Balaban J connectivity index is 2.10. The number of nitrogens with zero attached hydrogens (tertiary/aromatic N) is 2. The molecule has 0 bridgehead atoms. The Morgan fingerprint density at radius 3 is 2.80 bits per heavy atom. The first-order valence-corrected chi connectivity index (χ1v) is 7.01. The van der Waals surface area contributed by atoms with Crippen molar-refractivity contribution in [2.75, 3.05) is 13.1 Å². The minimum atomic E-state index is 0.523. The zero-order valence-corrected chi connectivity index (χ0v) is 10.7. The molecule has 4 heteroatoms. The SMILES string of the molecule is CCC(c1nc(CCl)cs1)N1CCCC1. The van der Waals surface area contributed by atoms with E-state index in [1.165, 1.54) is 30.9 Å². The van der Waals surface area contributed by atoms with Crippen molar-refractivity contribution in [2.24, 2.45) is 0 Å². The molecular formula is C11H17ClN2S. The molecule has 1 aliphatic rings. The number of halogens is 1. The van der Waals surface area contributed by atoms with Gasteiger partial charge in [-0.15, -0.1) is 22.9 Å². The molecule has 1 atom stereocenters. The number of alkyl halides is 1. The van der Waals surface area contributed by atoms with E-state index < -0.39 is 0 Å². The van der Waals surface area contributed by atoms with Crippen molar-refractivity contribution in [1.29, 1.82) is 0 Å². The molecular weight excluding hydrogens is 228 g/mol. The average Bonchev–Trinajstić information content (AvgIpc) is 2.89. The summed E-state index contributed by atoms with van der Waals surface area (Å²) < 4.78 is 0. The van der Waals surface area contributed by atoms with Crippen LogP contribution in [-0.2, 0) is 5.88 Å². The monoisotopic (exact) mass is 244 g/mol. The molecule has 0 aromatic carbocycles. The van der Waals surface area contributed by atoms with Gasteiger partial charge in [-0.1, -0.05) is 6.92 Å². The number of aromatic nitrogens is 1. The molecule has 1 fully saturated rings. The minimum absolute atomic E-state index is 0.523. The van der Waals surface area contributed by atoms with Crippen LogP contribution in [0.25, 0.3) is 0 Å². The highest BCUT2D eigenvalue weighted by molar-refractivity contribution is 7.09. The second kappa shape index (κ2) is 5.28. The molecule has 2 rings (SSSR count). The van der Waals surface area contributed by atoms with Gasteiger partial charge in [0.1, 0.15) is 5.01 Å². The highest BCUT2D eigenvalue weighted by atomic mass is 35.5. The number of likely N-dealkylation sites (tertiary alicyclic amines) is 1. The van der Waals surface area contributed by atoms with Gasteiger partial charge < -0.3 is 0 Å². The fourth-order valence-electron chi connectivity index (χ4n) is 2.18. The van der Waals surface area contributed by atoms with Crippen molar-refractivity contribution in [3.8, 4) is 0 Å². The van der Waals surface area contributed by atoms with Gasteiger partial charge in [0, 0.05) is 5.38 Å². The first-order valence-electron chi connectivity index (χ1n) is 5.59. The molecule has 0 radical (unpaired) electrons. The summed E-state index contributed by atoms with van der Waals surface area (Å²) in [5.41, 5.74) is 1.02. The standard InChI is InChI=1S/C11H17ClN2S/c1-2-10(14-5-3-4-6-14)11-13-9(7-12)8-15-11/h8,10H,2-7H2,1H3. The van der Waals surface area contributed by atoms with Gasteiger partial charge in [-0.2, -0.15) is 0 Å². The molecule has 0 aliphatic carbocycles. The molecule has 15 heavy (non-hydrogen) atoms. The molecule has 1 aromatic rings. The van der Waals surface area contributed by atoms with Crippen molar-refractivity contribution < 1.29 is 0 Å². The van der Waals surface area contributed by atoms with Crippen LogP contribution in [0, 0.1) is 0 Å². The number of thiazole rings is 1. The molecule has 2 heterocycles. The number of rotatable bonds is 4. The Morgan fingerprint density at radius 1 is 1.53 bits per heavy atom. The van der Waals surface area contributed by atoms with Crippen LogP contribution in [0.5, 0.6) is 0 Å². The third-order valence-electron chi connectivity index (χ3n) is 2.96. The fourth-order valence-corrected chi connectivity index (χ4v) is 3.44. The largest absolute Gasteiger partial charge is 0.294 e. The average molecular weight is 245 g/mol. The molecule has 1 unspecified atom stereocenters. The van der Waals surface area contributed by atoms with E-state index in [0.717, 1.165) is 12.1 Å².